The molecule has 35 heteroatoms. The molecule has 6 atom stereocenters. The third kappa shape index (κ3) is 16.5. The molecule has 8 aromatic heterocycles. The zero-order valence-electron chi connectivity index (χ0n) is 50.1. The average molecular weight is 1410 g/mol. The van der Waals surface area contributed by atoms with Crippen molar-refractivity contribution in [2.45, 2.75) is 111 Å². The molecule has 0 radical (unpaired) electrons. The van der Waals surface area contributed by atoms with Crippen molar-refractivity contribution in [3.8, 4) is 34.0 Å². The number of halogens is 7. The number of aryl methyl sites for hydroxylation is 2. The Morgan fingerprint density at radius 2 is 1.10 bits per heavy atom. The molecule has 14 rings (SSSR count). The number of hydrogen-bond donors (Lipinski definition) is 4. The van der Waals surface area contributed by atoms with Crippen LogP contribution in [0.25, 0.3) is 55.4 Å². The predicted molar refractivity (Wildman–Crippen MR) is 349 cm³/mol. The second kappa shape index (κ2) is 29.1. The number of carboxylic acid groups (broad SMARTS) is 1. The predicted octanol–water partition coefficient (Wildman–Crippen LogP) is 9.36. The van der Waals surface area contributed by atoms with E-state index in [-0.39, 0.29) is 111 Å². The lowest BCUT2D eigenvalue weighted by Gasteiger charge is -2.27. The number of ether oxygens (including phenoxy) is 2. The third-order valence-corrected chi connectivity index (χ3v) is 15.6. The second-order valence-electron chi connectivity index (χ2n) is 22.3. The van der Waals surface area contributed by atoms with E-state index in [1.807, 2.05) is 62.6 Å². The van der Waals surface area contributed by atoms with Crippen LogP contribution in [-0.2, 0) is 54.6 Å². The van der Waals surface area contributed by atoms with Crippen molar-refractivity contribution in [2.24, 2.45) is 11.8 Å². The number of likely N-dealkylation sites (tertiary alicyclic amines) is 1. The Kier molecular flexibility index (Phi) is 21.9. The monoisotopic (exact) mass is 1400 g/mol. The molecule has 2 aromatic carbocycles. The number of carbonyl (C=O) groups excluding carboxylic acids is 5. The van der Waals surface area contributed by atoms with Gasteiger partial charge in [-0.05, 0) is 98.9 Å². The lowest BCUT2D eigenvalue weighted by molar-refractivity contribution is -0.277. The molecule has 2 saturated carbocycles. The minimum atomic E-state index is -4.93. The Labute approximate surface area is 563 Å². The summed E-state index contributed by atoms with van der Waals surface area (Å²) in [6.45, 7) is 6.07. The standard InChI is InChI=1S/C30H25F3N8O4.C18H15N5O3.C12H12F3N3O2.CH4.ClH.S2.H2S/c1-15-8-25-34-12-19(13-40(25)37-15)17-6-7-21-20(9-17)28(16(2)42)38-39(21)14-27(43)41-22-10-18(22)11-23(41)29(44)36-24-4-3-5-26(35-24)45-30(31,32)33;1-10-5-16-19-7-13(8-23(16)20-10)12-3-4-15-14(6-12)18(11(2)24)21-22(15)9-17(25)26;13-12(14,15)20-10-3-1-2-9(17-10)18-11(19)8-5-6-4-7(6)16-8;;;1-2;/h3-9,12-13,18,22-23H,10-11,14H2,1-2H3,(H,35,36,44);3-8H,9H2,1-2H3,(H,25,26);1-3,6-8,16H,4-5H2,(H,17,18,19);1H4;1H;;1H2/t18-,22-,23+;;6-,7-,8+;;;;/m1.1..../s1. The number of fused-ring (bicyclic) bond motifs is 6. The lowest BCUT2D eigenvalue weighted by Crippen LogP contribution is -2.46. The summed E-state index contributed by atoms with van der Waals surface area (Å²) >= 11 is 7.33. The van der Waals surface area contributed by atoms with Gasteiger partial charge in [-0.15, -0.1) is 38.7 Å². The van der Waals surface area contributed by atoms with Crippen LogP contribution in [0.2, 0.25) is 0 Å². The number of aromatic nitrogens is 12. The van der Waals surface area contributed by atoms with Gasteiger partial charge in [0.25, 0.3) is 0 Å². The Bertz CT molecular complexity index is 4620. The summed E-state index contributed by atoms with van der Waals surface area (Å²) in [6.07, 6.45) is 0.456. The number of nitrogens with zero attached hydrogens (tertiary/aromatic N) is 13. The van der Waals surface area contributed by atoms with Gasteiger partial charge in [0, 0.05) is 119 Å². The van der Waals surface area contributed by atoms with Crippen molar-refractivity contribution in [2.75, 3.05) is 10.6 Å². The molecule has 10 heterocycles. The zero-order valence-corrected chi connectivity index (χ0v) is 53.6. The molecule has 4 aliphatic rings. The number of nitrogens with one attached hydrogen (secondary N) is 3. The largest absolute Gasteiger partial charge is 0.574 e. The first-order valence-corrected chi connectivity index (χ1v) is 29.8. The molecular formula is C61H59ClF6N16O9S3. The van der Waals surface area contributed by atoms with E-state index >= 15 is 0 Å². The van der Waals surface area contributed by atoms with Crippen LogP contribution in [0.5, 0.6) is 11.8 Å². The van der Waals surface area contributed by atoms with Crippen LogP contribution >= 0.6 is 25.9 Å². The molecule has 25 nitrogen and oxygen atoms in total. The van der Waals surface area contributed by atoms with E-state index in [2.05, 4.69) is 88.1 Å². The number of carbonyl (C=O) groups is 6. The fourth-order valence-electron chi connectivity index (χ4n) is 11.4. The summed E-state index contributed by atoms with van der Waals surface area (Å²) in [5.41, 5.74) is 8.05. The molecule has 2 aliphatic carbocycles. The number of pyridine rings is 2. The van der Waals surface area contributed by atoms with E-state index in [4.69, 9.17) is 5.11 Å². The number of ketones is 2. The maximum absolute atomic E-state index is 13.7. The summed E-state index contributed by atoms with van der Waals surface area (Å²) in [5, 5.41) is 35.8. The molecule has 10 aromatic rings. The molecule has 2 saturated heterocycles. The average Bonchev–Trinajstić information content (AvgIpc) is 1.59. The van der Waals surface area contributed by atoms with Crippen LogP contribution in [-0.4, -0.2) is 141 Å². The normalized spacial score (nSPS) is 17.9. The molecule has 2 aliphatic heterocycles. The maximum Gasteiger partial charge on any atom is 0.574 e. The van der Waals surface area contributed by atoms with Crippen LogP contribution in [0.15, 0.2) is 110 Å². The number of anilines is 2. The van der Waals surface area contributed by atoms with Crippen molar-refractivity contribution in [3.63, 3.8) is 0 Å². The van der Waals surface area contributed by atoms with Gasteiger partial charge in [0.05, 0.1) is 28.5 Å². The van der Waals surface area contributed by atoms with Gasteiger partial charge >= 0.3 is 18.7 Å². The molecule has 0 spiro atoms. The number of aliphatic carboxylic acids is 1. The van der Waals surface area contributed by atoms with Gasteiger partial charge in [0.2, 0.25) is 29.5 Å². The first-order chi connectivity index (χ1) is 44.3. The maximum atomic E-state index is 13.7. The van der Waals surface area contributed by atoms with Gasteiger partial charge in [-0.25, -0.2) is 19.0 Å². The van der Waals surface area contributed by atoms with E-state index in [1.54, 1.807) is 33.6 Å². The van der Waals surface area contributed by atoms with Crippen molar-refractivity contribution >= 4 is 128 Å². The SMILES string of the molecule is C.CC(=O)c1nn(CC(=O)N2[C@@H]3C[C@@H]3C[C@H]2C(=O)Nc2cccc(OC(F)(F)F)n2)c2ccc(-c3cnc4cc(C)nn4c3)cc12.CC(=O)c1nn(CC(=O)O)c2ccc(-c3cnc4cc(C)nn4c3)cc12.Cl.O=C(Nc1cccc(OC(F)(F)F)n1)[C@@H]1C[C@H]2C[C@H]2N1.S.S=S. The molecule has 0 bridgehead atoms. The highest BCUT2D eigenvalue weighted by molar-refractivity contribution is 8.07. The minimum Gasteiger partial charge on any atom is -0.480 e. The quantitative estimate of drug-likeness (QED) is 0.0582. The number of hydrogen-bond acceptors (Lipinski definition) is 19. The van der Waals surface area contributed by atoms with Crippen molar-refractivity contribution in [3.05, 3.63) is 132 Å². The zero-order chi connectivity index (χ0) is 66.4. The van der Waals surface area contributed by atoms with Crippen molar-refractivity contribution in [1.29, 1.82) is 0 Å². The van der Waals surface area contributed by atoms with Crippen LogP contribution in [0, 0.1) is 25.7 Å². The van der Waals surface area contributed by atoms with Crippen LogP contribution in [0.3, 0.4) is 0 Å². The number of benzene rings is 2. The van der Waals surface area contributed by atoms with Crippen LogP contribution in [0.1, 0.15) is 79.3 Å². The fraction of sp³-hybridized carbons (Fsp3) is 0.311. The Balaban J connectivity index is 0.000000196. The van der Waals surface area contributed by atoms with E-state index in [1.165, 1.54) is 52.4 Å². The topological polar surface area (TPSA) is 302 Å². The minimum absolute atomic E-state index is 0. The highest BCUT2D eigenvalue weighted by Crippen LogP contribution is 2.48. The Hall–Kier alpha value is -9.64. The molecule has 96 heavy (non-hydrogen) atoms. The fourth-order valence-corrected chi connectivity index (χ4v) is 11.4. The van der Waals surface area contributed by atoms with Gasteiger partial charge in [-0.2, -0.15) is 43.9 Å². The van der Waals surface area contributed by atoms with Crippen LogP contribution < -0.4 is 25.4 Å². The summed E-state index contributed by atoms with van der Waals surface area (Å²) in [5.74, 6) is -3.43. The van der Waals surface area contributed by atoms with Gasteiger partial charge in [-0.3, -0.25) is 38.1 Å². The number of Topliss-reactive ketones (excluding diaryl/α,β-unsaturated/α-hetero) is 2. The number of alkyl halides is 6. The van der Waals surface area contributed by atoms with Gasteiger partial charge in [0.1, 0.15) is 42.2 Å². The Morgan fingerprint density at radius 3 is 1.55 bits per heavy atom. The number of amides is 3. The highest BCUT2D eigenvalue weighted by atomic mass is 35.5. The summed E-state index contributed by atoms with van der Waals surface area (Å²) < 4.78 is 87.8. The van der Waals surface area contributed by atoms with Gasteiger partial charge < -0.3 is 35.4 Å². The van der Waals surface area contributed by atoms with Crippen molar-refractivity contribution < 1.29 is 69.7 Å². The number of carboxylic acids is 1. The van der Waals surface area contributed by atoms with E-state index < -0.39 is 42.4 Å². The first-order valence-electron chi connectivity index (χ1n) is 28.5. The second-order valence-corrected chi connectivity index (χ2v) is 22.3. The van der Waals surface area contributed by atoms with Gasteiger partial charge in [-0.1, -0.05) is 31.7 Å². The lowest BCUT2D eigenvalue weighted by atomic mass is 10.0. The first kappa shape index (κ1) is 72.2. The molecule has 504 valence electrons. The van der Waals surface area contributed by atoms with E-state index in [0.29, 0.717) is 45.8 Å². The summed E-state index contributed by atoms with van der Waals surface area (Å²) in [4.78, 5) is 92.0. The highest BCUT2D eigenvalue weighted by Gasteiger charge is 2.56. The van der Waals surface area contributed by atoms with E-state index in [0.717, 1.165) is 70.7 Å². The Morgan fingerprint density at radius 1 is 0.625 bits per heavy atom. The molecule has 3 amide bonds. The van der Waals surface area contributed by atoms with E-state index in [9.17, 15) is 55.1 Å². The summed E-state index contributed by atoms with van der Waals surface area (Å²) in [6, 6.07) is 21.3. The number of piperidine rings is 2. The smallest absolute Gasteiger partial charge is 0.480 e. The molecule has 4 fully saturated rings. The molecule has 0 unspecified atom stereocenters. The summed E-state index contributed by atoms with van der Waals surface area (Å²) in [7, 11) is 0. The van der Waals surface area contributed by atoms with Crippen molar-refractivity contribution in [1.82, 2.24) is 68.9 Å². The third-order valence-electron chi connectivity index (χ3n) is 15.6. The number of rotatable bonds is 14. The molecular weight excluding hydrogens is 1350 g/mol. The van der Waals surface area contributed by atoms with Crippen LogP contribution in [0.4, 0.5) is 38.0 Å². The van der Waals surface area contributed by atoms with Gasteiger partial charge in [0.15, 0.2) is 22.9 Å². The molecule has 4 N–H and O–H groups in total.